The number of rotatable bonds is 10. The first kappa shape index (κ1) is 25.5. The largest absolute Gasteiger partial charge is 0.493 e. The van der Waals surface area contributed by atoms with E-state index >= 15 is 0 Å². The van der Waals surface area contributed by atoms with Crippen LogP contribution in [0.1, 0.15) is 30.4 Å². The summed E-state index contributed by atoms with van der Waals surface area (Å²) in [5.41, 5.74) is 1.45. The molecule has 7 nitrogen and oxygen atoms in total. The zero-order valence-electron chi connectivity index (χ0n) is 19.5. The second-order valence-corrected chi connectivity index (χ2v) is 13.4. The van der Waals surface area contributed by atoms with Crippen molar-refractivity contribution in [2.45, 2.75) is 29.8 Å². The smallest absolute Gasteiger partial charge is 0.198 e. The molecule has 1 aliphatic heterocycles. The number of hydrogen-bond donors (Lipinski definition) is 0. The molecule has 0 unspecified atom stereocenters. The van der Waals surface area contributed by atoms with Gasteiger partial charge in [0, 0.05) is 6.54 Å². The van der Waals surface area contributed by atoms with Crippen molar-refractivity contribution >= 4 is 19.7 Å². The Balaban J connectivity index is 1.70. The van der Waals surface area contributed by atoms with E-state index < -0.39 is 23.8 Å². The van der Waals surface area contributed by atoms with Gasteiger partial charge in [-0.05, 0) is 62.5 Å². The summed E-state index contributed by atoms with van der Waals surface area (Å²) in [5.74, 6) is 1.15. The van der Waals surface area contributed by atoms with Crippen molar-refractivity contribution in [2.75, 3.05) is 45.9 Å². The van der Waals surface area contributed by atoms with Crippen LogP contribution in [0, 0.1) is 0 Å². The molecule has 0 bridgehead atoms. The monoisotopic (exact) mass is 495 g/mol. The second-order valence-electron chi connectivity index (χ2n) is 8.46. The van der Waals surface area contributed by atoms with Gasteiger partial charge in [-0.2, -0.15) is 0 Å². The molecule has 0 N–H and O–H groups in total. The summed E-state index contributed by atoms with van der Waals surface area (Å²) in [6.45, 7) is 1.33. The third-order valence-corrected chi connectivity index (χ3v) is 12.4. The van der Waals surface area contributed by atoms with E-state index in [2.05, 4.69) is 4.90 Å². The van der Waals surface area contributed by atoms with Crippen LogP contribution in [0.2, 0.25) is 0 Å². The van der Waals surface area contributed by atoms with E-state index in [4.69, 9.17) is 9.47 Å². The molecule has 0 aromatic heterocycles. The summed E-state index contributed by atoms with van der Waals surface area (Å²) >= 11 is 0. The molecule has 3 rings (SSSR count). The number of methoxy groups -OCH3 is 2. The van der Waals surface area contributed by atoms with E-state index in [1.54, 1.807) is 44.6 Å². The Bertz CT molecular complexity index is 1110. The van der Waals surface area contributed by atoms with Gasteiger partial charge < -0.3 is 14.4 Å². The van der Waals surface area contributed by atoms with Crippen LogP contribution >= 0.6 is 0 Å². The van der Waals surface area contributed by atoms with Crippen molar-refractivity contribution in [2.24, 2.45) is 0 Å². The summed E-state index contributed by atoms with van der Waals surface area (Å²) < 4.78 is 61.6. The predicted molar refractivity (Wildman–Crippen MR) is 130 cm³/mol. The minimum Gasteiger partial charge on any atom is -0.493 e. The number of benzene rings is 2. The zero-order chi connectivity index (χ0) is 24.1. The first-order chi connectivity index (χ1) is 15.7. The lowest BCUT2D eigenvalue weighted by molar-refractivity contribution is 0.325. The topological polar surface area (TPSA) is 90.0 Å². The van der Waals surface area contributed by atoms with Gasteiger partial charge in [0.2, 0.25) is 0 Å². The Hall–Kier alpha value is -2.10. The van der Waals surface area contributed by atoms with Gasteiger partial charge in [-0.25, -0.2) is 16.8 Å². The van der Waals surface area contributed by atoms with Crippen LogP contribution in [-0.4, -0.2) is 67.6 Å². The third kappa shape index (κ3) is 5.20. The average molecular weight is 496 g/mol. The Morgan fingerprint density at radius 3 is 2.12 bits per heavy atom. The van der Waals surface area contributed by atoms with E-state index in [1.165, 1.54) is 0 Å². The van der Waals surface area contributed by atoms with Crippen LogP contribution in [0.15, 0.2) is 48.5 Å². The molecule has 0 aliphatic carbocycles. The Morgan fingerprint density at radius 2 is 1.52 bits per heavy atom. The lowest BCUT2D eigenvalue weighted by Gasteiger charge is -2.37. The highest BCUT2D eigenvalue weighted by Crippen LogP contribution is 2.44. The van der Waals surface area contributed by atoms with Gasteiger partial charge in [-0.15, -0.1) is 0 Å². The maximum atomic E-state index is 13.2. The standard InChI is InChI=1S/C24H33NO6S2/c1-25(16-13-20-11-12-22(30-2)23(19-20)31-3)15-7-14-24(21-9-5-4-6-10-21)32(26,27)17-8-18-33(24,28)29/h4-6,9-12,19H,7-8,13-18H2,1-3H3. The normalized spacial score (nSPS) is 18.7. The molecule has 1 fully saturated rings. The second kappa shape index (κ2) is 10.4. The predicted octanol–water partition coefficient (Wildman–Crippen LogP) is 3.04. The van der Waals surface area contributed by atoms with Crippen molar-refractivity contribution in [3.05, 3.63) is 59.7 Å². The number of hydrogen-bond acceptors (Lipinski definition) is 7. The van der Waals surface area contributed by atoms with Crippen LogP contribution in [0.5, 0.6) is 11.5 Å². The lowest BCUT2D eigenvalue weighted by atomic mass is 10.1. The van der Waals surface area contributed by atoms with Crippen molar-refractivity contribution < 1.29 is 26.3 Å². The number of ether oxygens (including phenoxy) is 2. The quantitative estimate of drug-likeness (QED) is 0.500. The molecule has 33 heavy (non-hydrogen) atoms. The maximum Gasteiger partial charge on any atom is 0.198 e. The van der Waals surface area contributed by atoms with Gasteiger partial charge in [0.25, 0.3) is 0 Å². The lowest BCUT2D eigenvalue weighted by Crippen LogP contribution is -2.50. The molecule has 0 atom stereocenters. The molecular formula is C24H33NO6S2. The number of likely N-dealkylation sites (N-methyl/N-ethyl adjacent to an activating group) is 1. The minimum atomic E-state index is -3.85. The fourth-order valence-corrected chi connectivity index (χ4v) is 10.4. The number of sulfone groups is 2. The summed E-state index contributed by atoms with van der Waals surface area (Å²) in [6, 6.07) is 14.2. The van der Waals surface area contributed by atoms with Gasteiger partial charge in [0.1, 0.15) is 0 Å². The maximum absolute atomic E-state index is 13.2. The highest BCUT2D eigenvalue weighted by Gasteiger charge is 2.57. The van der Waals surface area contributed by atoms with E-state index in [9.17, 15) is 16.8 Å². The summed E-state index contributed by atoms with van der Waals surface area (Å²) in [5, 5.41) is 0. The van der Waals surface area contributed by atoms with Gasteiger partial charge >= 0.3 is 0 Å². The average Bonchev–Trinajstić information content (AvgIpc) is 2.79. The molecule has 182 valence electrons. The van der Waals surface area contributed by atoms with Crippen molar-refractivity contribution in [3.63, 3.8) is 0 Å². The fourth-order valence-electron chi connectivity index (χ4n) is 4.52. The SMILES string of the molecule is COc1ccc(CCN(C)CCCC2(c3ccccc3)S(=O)(=O)CCCS2(=O)=O)cc1OC. The molecule has 0 radical (unpaired) electrons. The third-order valence-electron chi connectivity index (χ3n) is 6.32. The summed E-state index contributed by atoms with van der Waals surface area (Å²) in [6.07, 6.45) is 1.44. The summed E-state index contributed by atoms with van der Waals surface area (Å²) in [4.78, 5) is 2.09. The molecule has 1 heterocycles. The molecule has 0 amide bonds. The van der Waals surface area contributed by atoms with Crippen LogP contribution in [0.3, 0.4) is 0 Å². The number of nitrogens with zero attached hydrogens (tertiary/aromatic N) is 1. The first-order valence-electron chi connectivity index (χ1n) is 11.1. The van der Waals surface area contributed by atoms with Crippen molar-refractivity contribution in [1.29, 1.82) is 0 Å². The van der Waals surface area contributed by atoms with Crippen LogP contribution in [-0.2, 0) is 30.2 Å². The van der Waals surface area contributed by atoms with E-state index in [0.29, 0.717) is 30.0 Å². The Kier molecular flexibility index (Phi) is 8.08. The summed E-state index contributed by atoms with van der Waals surface area (Å²) in [7, 11) is -2.53. The zero-order valence-corrected chi connectivity index (χ0v) is 21.1. The first-order valence-corrected chi connectivity index (χ1v) is 14.4. The molecule has 0 spiro atoms. The molecule has 0 saturated carbocycles. The molecule has 2 aromatic rings. The van der Waals surface area contributed by atoms with Crippen LogP contribution in [0.4, 0.5) is 0 Å². The molecular weight excluding hydrogens is 462 g/mol. The van der Waals surface area contributed by atoms with Gasteiger partial charge in [-0.3, -0.25) is 0 Å². The van der Waals surface area contributed by atoms with Gasteiger partial charge in [0.05, 0.1) is 25.7 Å². The highest BCUT2D eigenvalue weighted by molar-refractivity contribution is 8.10. The van der Waals surface area contributed by atoms with E-state index in [0.717, 1.165) is 18.5 Å². The van der Waals surface area contributed by atoms with Gasteiger partial charge in [0.15, 0.2) is 35.3 Å². The highest BCUT2D eigenvalue weighted by atomic mass is 32.3. The fraction of sp³-hybridized carbons (Fsp3) is 0.500. The molecule has 1 saturated heterocycles. The van der Waals surface area contributed by atoms with Crippen molar-refractivity contribution in [3.8, 4) is 11.5 Å². The Morgan fingerprint density at radius 1 is 0.879 bits per heavy atom. The van der Waals surface area contributed by atoms with Gasteiger partial charge in [-0.1, -0.05) is 36.4 Å². The van der Waals surface area contributed by atoms with E-state index in [-0.39, 0.29) is 24.3 Å². The minimum absolute atomic E-state index is 0.0579. The Labute approximate surface area is 197 Å². The molecule has 9 heteroatoms. The molecule has 2 aromatic carbocycles. The van der Waals surface area contributed by atoms with Crippen LogP contribution < -0.4 is 9.47 Å². The molecule has 1 aliphatic rings. The van der Waals surface area contributed by atoms with E-state index in [1.807, 2.05) is 25.2 Å². The van der Waals surface area contributed by atoms with Crippen molar-refractivity contribution in [1.82, 2.24) is 4.90 Å². The van der Waals surface area contributed by atoms with Crippen LogP contribution in [0.25, 0.3) is 0 Å².